The van der Waals surface area contributed by atoms with Gasteiger partial charge in [0.25, 0.3) is 11.7 Å². The smallest absolute Gasteiger partial charge is 0.295 e. The Morgan fingerprint density at radius 1 is 1.11 bits per heavy atom. The van der Waals surface area contributed by atoms with Gasteiger partial charge in [-0.3, -0.25) is 14.6 Å². The minimum absolute atomic E-state index is 0.0524. The van der Waals surface area contributed by atoms with E-state index in [-0.39, 0.29) is 17.9 Å². The molecule has 1 aromatic heterocycles. The topological polar surface area (TPSA) is 83.0 Å². The van der Waals surface area contributed by atoms with Crippen LogP contribution in [0, 0.1) is 0 Å². The summed E-state index contributed by atoms with van der Waals surface area (Å²) in [7, 11) is 1.55. The second-order valence-electron chi connectivity index (χ2n) is 8.40. The molecule has 1 unspecified atom stereocenters. The largest absolute Gasteiger partial charge is 0.507 e. The zero-order chi connectivity index (χ0) is 25.8. The maximum absolute atomic E-state index is 13.3. The zero-order valence-electron chi connectivity index (χ0n) is 20.4. The van der Waals surface area contributed by atoms with E-state index in [1.807, 2.05) is 30.3 Å². The molecule has 1 fully saturated rings. The zero-order valence-corrected chi connectivity index (χ0v) is 22.0. The summed E-state index contributed by atoms with van der Waals surface area (Å²) in [6.45, 7) is 6.09. The van der Waals surface area contributed by atoms with Gasteiger partial charge in [-0.05, 0) is 77.3 Å². The van der Waals surface area contributed by atoms with Crippen LogP contribution >= 0.6 is 15.9 Å². The molecular weight excluding hydrogens is 522 g/mol. The molecule has 186 valence electrons. The normalized spacial score (nSPS) is 16.9. The van der Waals surface area contributed by atoms with Gasteiger partial charge >= 0.3 is 0 Å². The van der Waals surface area contributed by atoms with Crippen LogP contribution in [0.1, 0.15) is 36.6 Å². The first kappa shape index (κ1) is 25.4. The van der Waals surface area contributed by atoms with Crippen molar-refractivity contribution in [2.45, 2.75) is 26.4 Å². The van der Waals surface area contributed by atoms with Crippen LogP contribution in [0.2, 0.25) is 0 Å². The lowest BCUT2D eigenvalue weighted by Gasteiger charge is -2.26. The maximum atomic E-state index is 13.3. The van der Waals surface area contributed by atoms with Crippen LogP contribution in [0.5, 0.6) is 5.75 Å². The Morgan fingerprint density at radius 3 is 2.42 bits per heavy atom. The number of likely N-dealkylation sites (tertiary alicyclic amines) is 1. The lowest BCUT2D eigenvalue weighted by molar-refractivity contribution is -0.140. The molecule has 1 amide bonds. The number of carbonyl (C=O) groups is 2. The lowest BCUT2D eigenvalue weighted by Crippen LogP contribution is -2.29. The summed E-state index contributed by atoms with van der Waals surface area (Å²) in [4.78, 5) is 34.4. The lowest BCUT2D eigenvalue weighted by atomic mass is 9.95. The Kier molecular flexibility index (Phi) is 7.74. The van der Waals surface area contributed by atoms with Crippen molar-refractivity contribution in [1.82, 2.24) is 9.88 Å². The number of carbonyl (C=O) groups excluding carboxylic acids is 2. The average Bonchev–Trinajstić information content (AvgIpc) is 3.15. The van der Waals surface area contributed by atoms with Gasteiger partial charge in [-0.25, -0.2) is 0 Å². The number of amides is 1. The molecule has 2 heterocycles. The first-order chi connectivity index (χ1) is 17.4. The molecule has 1 aliphatic heterocycles. The van der Waals surface area contributed by atoms with E-state index in [1.165, 1.54) is 4.90 Å². The minimum atomic E-state index is -0.753. The SMILES string of the molecule is CCN(CC)c1ccc(C2/C(=C(/O)c3ccc(OC)c(Br)c3)C(=O)C(=O)N2Cc2cccnc2)cc1. The van der Waals surface area contributed by atoms with Gasteiger partial charge < -0.3 is 19.6 Å². The molecule has 36 heavy (non-hydrogen) atoms. The molecule has 0 radical (unpaired) electrons. The highest BCUT2D eigenvalue weighted by Gasteiger charge is 2.46. The van der Waals surface area contributed by atoms with Crippen molar-refractivity contribution in [3.8, 4) is 5.75 Å². The second kappa shape index (κ2) is 11.0. The number of benzene rings is 2. The number of aliphatic hydroxyl groups excluding tert-OH is 1. The van der Waals surface area contributed by atoms with E-state index < -0.39 is 17.7 Å². The predicted molar refractivity (Wildman–Crippen MR) is 143 cm³/mol. The first-order valence-electron chi connectivity index (χ1n) is 11.8. The Hall–Kier alpha value is -3.65. The number of aliphatic hydroxyl groups is 1. The van der Waals surface area contributed by atoms with Gasteiger partial charge in [0.05, 0.1) is 23.2 Å². The van der Waals surface area contributed by atoms with Gasteiger partial charge in [0.1, 0.15) is 11.5 Å². The highest BCUT2D eigenvalue weighted by atomic mass is 79.9. The van der Waals surface area contributed by atoms with Crippen molar-refractivity contribution in [2.75, 3.05) is 25.1 Å². The standard InChI is InChI=1S/C28H28BrN3O4/c1-4-31(5-2)21-11-8-19(9-12-21)25-24(26(33)20-10-13-23(36-3)22(29)15-20)27(34)28(35)32(25)17-18-7-6-14-30-16-18/h6-16,25,33H,4-5,17H2,1-3H3/b26-24-. The number of hydrogen-bond acceptors (Lipinski definition) is 6. The number of ketones is 1. The number of aromatic nitrogens is 1. The van der Waals surface area contributed by atoms with Crippen LogP contribution in [-0.4, -0.2) is 46.9 Å². The fourth-order valence-electron chi connectivity index (χ4n) is 4.50. The Bertz CT molecular complexity index is 1290. The molecule has 3 aromatic rings. The number of anilines is 1. The van der Waals surface area contributed by atoms with Crippen LogP contribution in [0.4, 0.5) is 5.69 Å². The minimum Gasteiger partial charge on any atom is -0.507 e. The number of Topliss-reactive ketones (excluding diaryl/α,β-unsaturated/α-hetero) is 1. The number of pyridine rings is 1. The third-order valence-corrected chi connectivity index (χ3v) is 7.00. The Morgan fingerprint density at radius 2 is 1.83 bits per heavy atom. The molecule has 1 aliphatic rings. The molecule has 0 aliphatic carbocycles. The number of rotatable bonds is 8. The number of halogens is 1. The highest BCUT2D eigenvalue weighted by molar-refractivity contribution is 9.10. The van der Waals surface area contributed by atoms with Gasteiger partial charge in [-0.1, -0.05) is 18.2 Å². The van der Waals surface area contributed by atoms with Gasteiger partial charge in [0.15, 0.2) is 0 Å². The summed E-state index contributed by atoms with van der Waals surface area (Å²) in [5.74, 6) is -1.03. The molecule has 7 nitrogen and oxygen atoms in total. The van der Waals surface area contributed by atoms with Gasteiger partial charge in [0.2, 0.25) is 0 Å². The maximum Gasteiger partial charge on any atom is 0.295 e. The Balaban J connectivity index is 1.84. The number of nitrogens with zero attached hydrogens (tertiary/aromatic N) is 3. The molecule has 2 aromatic carbocycles. The molecule has 0 spiro atoms. The summed E-state index contributed by atoms with van der Waals surface area (Å²) in [6.07, 6.45) is 3.32. The summed E-state index contributed by atoms with van der Waals surface area (Å²) in [5, 5.41) is 11.3. The Labute approximate surface area is 219 Å². The third kappa shape index (κ3) is 4.86. The van der Waals surface area contributed by atoms with E-state index in [1.54, 1.807) is 43.8 Å². The molecule has 0 bridgehead atoms. The second-order valence-corrected chi connectivity index (χ2v) is 9.26. The summed E-state index contributed by atoms with van der Waals surface area (Å²) < 4.78 is 5.91. The first-order valence-corrected chi connectivity index (χ1v) is 12.5. The van der Waals surface area contributed by atoms with Crippen LogP contribution in [-0.2, 0) is 16.1 Å². The molecule has 1 N–H and O–H groups in total. The van der Waals surface area contributed by atoms with Crippen molar-refractivity contribution in [3.63, 3.8) is 0 Å². The van der Waals surface area contributed by atoms with Gasteiger partial charge in [0, 0.05) is 43.3 Å². The number of methoxy groups -OCH3 is 1. The van der Waals surface area contributed by atoms with Crippen LogP contribution in [0.15, 0.2) is 77.0 Å². The highest BCUT2D eigenvalue weighted by Crippen LogP contribution is 2.41. The molecular formula is C28H28BrN3O4. The average molecular weight is 550 g/mol. The van der Waals surface area contributed by atoms with Gasteiger partial charge in [-0.15, -0.1) is 0 Å². The fraction of sp³-hybridized carbons (Fsp3) is 0.250. The van der Waals surface area contributed by atoms with E-state index in [2.05, 4.69) is 39.7 Å². The quantitative estimate of drug-likeness (QED) is 0.232. The van der Waals surface area contributed by atoms with Crippen molar-refractivity contribution >= 4 is 39.1 Å². The van der Waals surface area contributed by atoms with Crippen molar-refractivity contribution in [1.29, 1.82) is 0 Å². The molecule has 1 saturated heterocycles. The van der Waals surface area contributed by atoms with Crippen molar-refractivity contribution in [2.24, 2.45) is 0 Å². The summed E-state index contributed by atoms with van der Waals surface area (Å²) in [6, 6.07) is 15.7. The molecule has 4 rings (SSSR count). The molecule has 8 heteroatoms. The van der Waals surface area contributed by atoms with Crippen molar-refractivity contribution in [3.05, 3.63) is 93.7 Å². The van der Waals surface area contributed by atoms with Crippen LogP contribution < -0.4 is 9.64 Å². The number of ether oxygens (including phenoxy) is 1. The van der Waals surface area contributed by atoms with E-state index in [0.29, 0.717) is 15.8 Å². The summed E-state index contributed by atoms with van der Waals surface area (Å²) in [5.41, 5.74) is 3.04. The monoisotopic (exact) mass is 549 g/mol. The van der Waals surface area contributed by atoms with Crippen molar-refractivity contribution < 1.29 is 19.4 Å². The van der Waals surface area contributed by atoms with E-state index in [4.69, 9.17) is 4.74 Å². The van der Waals surface area contributed by atoms with Gasteiger partial charge in [-0.2, -0.15) is 0 Å². The van der Waals surface area contributed by atoms with Crippen LogP contribution in [0.25, 0.3) is 5.76 Å². The van der Waals surface area contributed by atoms with E-state index >= 15 is 0 Å². The third-order valence-electron chi connectivity index (χ3n) is 6.38. The predicted octanol–water partition coefficient (Wildman–Crippen LogP) is 5.32. The van der Waals surface area contributed by atoms with Crippen LogP contribution in [0.3, 0.4) is 0 Å². The van der Waals surface area contributed by atoms with E-state index in [0.717, 1.165) is 29.9 Å². The molecule has 1 atom stereocenters. The fourth-order valence-corrected chi connectivity index (χ4v) is 5.04. The summed E-state index contributed by atoms with van der Waals surface area (Å²) >= 11 is 3.43. The van der Waals surface area contributed by atoms with E-state index in [9.17, 15) is 14.7 Å². The molecule has 0 saturated carbocycles. The number of hydrogen-bond donors (Lipinski definition) is 1.